The van der Waals surface area contributed by atoms with Crippen molar-refractivity contribution in [2.24, 2.45) is 0 Å². The first-order valence-corrected chi connectivity index (χ1v) is 7.70. The van der Waals surface area contributed by atoms with Crippen LogP contribution in [0.2, 0.25) is 0 Å². The second-order valence-corrected chi connectivity index (χ2v) is 5.58. The number of rotatable bonds is 7. The summed E-state index contributed by atoms with van der Waals surface area (Å²) in [5, 5.41) is 3.55. The van der Waals surface area contributed by atoms with Crippen LogP contribution in [0.25, 0.3) is 0 Å². The standard InChI is InChI=1S/C17H27N/c1-2-3-4-5-6-7-10-15-13-18-14-16-11-8-9-12-17(15)16/h8-9,11-12,15,18H,2-7,10,13-14H2,1H3. The van der Waals surface area contributed by atoms with Crippen molar-refractivity contribution in [1.29, 1.82) is 0 Å². The predicted molar refractivity (Wildman–Crippen MR) is 78.9 cm³/mol. The van der Waals surface area contributed by atoms with Gasteiger partial charge in [-0.15, -0.1) is 0 Å². The molecule has 18 heavy (non-hydrogen) atoms. The topological polar surface area (TPSA) is 12.0 Å². The summed E-state index contributed by atoms with van der Waals surface area (Å²) >= 11 is 0. The third kappa shape index (κ3) is 3.84. The molecule has 1 atom stereocenters. The van der Waals surface area contributed by atoms with Crippen molar-refractivity contribution in [2.45, 2.75) is 64.3 Å². The zero-order valence-corrected chi connectivity index (χ0v) is 11.8. The van der Waals surface area contributed by atoms with Crippen LogP contribution >= 0.6 is 0 Å². The Morgan fingerprint density at radius 2 is 1.83 bits per heavy atom. The molecule has 0 aliphatic carbocycles. The van der Waals surface area contributed by atoms with Crippen molar-refractivity contribution in [3.63, 3.8) is 0 Å². The highest BCUT2D eigenvalue weighted by Gasteiger charge is 2.18. The highest BCUT2D eigenvalue weighted by molar-refractivity contribution is 5.32. The van der Waals surface area contributed by atoms with Gasteiger partial charge in [-0.1, -0.05) is 69.7 Å². The number of unbranched alkanes of at least 4 members (excludes halogenated alkanes) is 5. The van der Waals surface area contributed by atoms with Crippen LogP contribution in [0.4, 0.5) is 0 Å². The molecule has 0 spiro atoms. The molecule has 1 aliphatic rings. The Labute approximate surface area is 112 Å². The molecule has 1 aromatic rings. The SMILES string of the molecule is CCCCCCCCC1CNCc2ccccc21. The second kappa shape index (κ2) is 7.58. The number of hydrogen-bond donors (Lipinski definition) is 1. The minimum atomic E-state index is 0.751. The van der Waals surface area contributed by atoms with Crippen molar-refractivity contribution in [1.82, 2.24) is 5.32 Å². The molecule has 100 valence electrons. The fourth-order valence-corrected chi connectivity index (χ4v) is 3.01. The highest BCUT2D eigenvalue weighted by Crippen LogP contribution is 2.28. The summed E-state index contributed by atoms with van der Waals surface area (Å²) in [6.07, 6.45) is 9.78. The van der Waals surface area contributed by atoms with Gasteiger partial charge in [-0.3, -0.25) is 0 Å². The van der Waals surface area contributed by atoms with Gasteiger partial charge in [0.25, 0.3) is 0 Å². The van der Waals surface area contributed by atoms with Gasteiger partial charge in [0.2, 0.25) is 0 Å². The molecule has 0 fully saturated rings. The van der Waals surface area contributed by atoms with Crippen LogP contribution in [-0.4, -0.2) is 6.54 Å². The molecule has 0 aromatic heterocycles. The number of benzene rings is 1. The Morgan fingerprint density at radius 1 is 1.06 bits per heavy atom. The molecule has 1 N–H and O–H groups in total. The van der Waals surface area contributed by atoms with E-state index in [1.807, 2.05) is 0 Å². The summed E-state index contributed by atoms with van der Waals surface area (Å²) in [5.41, 5.74) is 3.12. The third-order valence-electron chi connectivity index (χ3n) is 4.11. The average molecular weight is 245 g/mol. The minimum absolute atomic E-state index is 0.751. The van der Waals surface area contributed by atoms with Gasteiger partial charge in [0.15, 0.2) is 0 Å². The van der Waals surface area contributed by atoms with Crippen molar-refractivity contribution < 1.29 is 0 Å². The maximum atomic E-state index is 3.55. The van der Waals surface area contributed by atoms with Gasteiger partial charge in [-0.05, 0) is 23.5 Å². The maximum absolute atomic E-state index is 3.55. The molecule has 0 bridgehead atoms. The predicted octanol–water partition coefficient (Wildman–Crippen LogP) is 4.62. The van der Waals surface area contributed by atoms with E-state index < -0.39 is 0 Å². The van der Waals surface area contributed by atoms with E-state index in [1.165, 1.54) is 57.1 Å². The first-order chi connectivity index (χ1) is 8.92. The summed E-state index contributed by atoms with van der Waals surface area (Å²) in [6.45, 7) is 4.51. The lowest BCUT2D eigenvalue weighted by atomic mass is 9.87. The molecule has 1 unspecified atom stereocenters. The second-order valence-electron chi connectivity index (χ2n) is 5.58. The molecule has 1 aliphatic heterocycles. The van der Waals surface area contributed by atoms with Crippen LogP contribution in [0.3, 0.4) is 0 Å². The van der Waals surface area contributed by atoms with Gasteiger partial charge in [0.1, 0.15) is 0 Å². The summed E-state index contributed by atoms with van der Waals surface area (Å²) in [5.74, 6) is 0.751. The highest BCUT2D eigenvalue weighted by atomic mass is 14.9. The Balaban J connectivity index is 1.74. The molecular formula is C17H27N. The summed E-state index contributed by atoms with van der Waals surface area (Å²) in [4.78, 5) is 0. The first-order valence-electron chi connectivity index (χ1n) is 7.70. The molecule has 1 nitrogen and oxygen atoms in total. The molecule has 0 saturated carbocycles. The molecule has 1 heteroatoms. The third-order valence-corrected chi connectivity index (χ3v) is 4.11. The smallest absolute Gasteiger partial charge is 0.0208 e. The van der Waals surface area contributed by atoms with E-state index in [-0.39, 0.29) is 0 Å². The molecule has 2 rings (SSSR count). The lowest BCUT2D eigenvalue weighted by molar-refractivity contribution is 0.482. The monoisotopic (exact) mass is 245 g/mol. The van der Waals surface area contributed by atoms with E-state index in [2.05, 4.69) is 36.5 Å². The van der Waals surface area contributed by atoms with E-state index in [9.17, 15) is 0 Å². The Morgan fingerprint density at radius 3 is 2.72 bits per heavy atom. The van der Waals surface area contributed by atoms with Crippen LogP contribution in [-0.2, 0) is 6.54 Å². The van der Waals surface area contributed by atoms with Crippen LogP contribution < -0.4 is 5.32 Å². The quantitative estimate of drug-likeness (QED) is 0.691. The molecular weight excluding hydrogens is 218 g/mol. The molecule has 1 heterocycles. The van der Waals surface area contributed by atoms with Crippen LogP contribution in [0.1, 0.15) is 68.9 Å². The number of hydrogen-bond acceptors (Lipinski definition) is 1. The minimum Gasteiger partial charge on any atom is -0.312 e. The van der Waals surface area contributed by atoms with Crippen LogP contribution in [0.5, 0.6) is 0 Å². The lowest BCUT2D eigenvalue weighted by Crippen LogP contribution is -2.28. The largest absolute Gasteiger partial charge is 0.312 e. The van der Waals surface area contributed by atoms with E-state index in [0.29, 0.717) is 0 Å². The molecule has 1 aromatic carbocycles. The normalized spacial score (nSPS) is 18.6. The fraction of sp³-hybridized carbons (Fsp3) is 0.647. The van der Waals surface area contributed by atoms with Gasteiger partial charge < -0.3 is 5.32 Å². The molecule has 0 amide bonds. The maximum Gasteiger partial charge on any atom is 0.0208 e. The van der Waals surface area contributed by atoms with Gasteiger partial charge in [-0.2, -0.15) is 0 Å². The number of fused-ring (bicyclic) bond motifs is 1. The van der Waals surface area contributed by atoms with E-state index in [0.717, 1.165) is 12.5 Å². The Bertz CT molecular complexity index is 345. The fourth-order valence-electron chi connectivity index (χ4n) is 3.01. The average Bonchev–Trinajstić information content (AvgIpc) is 2.43. The van der Waals surface area contributed by atoms with Crippen molar-refractivity contribution in [2.75, 3.05) is 6.54 Å². The van der Waals surface area contributed by atoms with Crippen LogP contribution in [0, 0.1) is 0 Å². The zero-order valence-electron chi connectivity index (χ0n) is 11.8. The molecule has 0 radical (unpaired) electrons. The molecule has 0 saturated heterocycles. The van der Waals surface area contributed by atoms with E-state index in [4.69, 9.17) is 0 Å². The summed E-state index contributed by atoms with van der Waals surface area (Å²) in [6, 6.07) is 8.96. The van der Waals surface area contributed by atoms with Crippen LogP contribution in [0.15, 0.2) is 24.3 Å². The Hall–Kier alpha value is -0.820. The summed E-state index contributed by atoms with van der Waals surface area (Å²) < 4.78 is 0. The first kappa shape index (κ1) is 13.6. The van der Waals surface area contributed by atoms with Crippen molar-refractivity contribution in [3.05, 3.63) is 35.4 Å². The summed E-state index contributed by atoms with van der Waals surface area (Å²) in [7, 11) is 0. The van der Waals surface area contributed by atoms with Crippen molar-refractivity contribution in [3.8, 4) is 0 Å². The zero-order chi connectivity index (χ0) is 12.6. The van der Waals surface area contributed by atoms with Crippen molar-refractivity contribution >= 4 is 0 Å². The van der Waals surface area contributed by atoms with E-state index >= 15 is 0 Å². The lowest BCUT2D eigenvalue weighted by Gasteiger charge is -2.26. The van der Waals surface area contributed by atoms with Gasteiger partial charge in [0.05, 0.1) is 0 Å². The Kier molecular flexibility index (Phi) is 5.73. The van der Waals surface area contributed by atoms with Gasteiger partial charge >= 0.3 is 0 Å². The van der Waals surface area contributed by atoms with Gasteiger partial charge in [-0.25, -0.2) is 0 Å². The van der Waals surface area contributed by atoms with Gasteiger partial charge in [0, 0.05) is 13.1 Å². The number of nitrogens with one attached hydrogen (secondary N) is 1. The van der Waals surface area contributed by atoms with E-state index in [1.54, 1.807) is 5.56 Å².